The summed E-state index contributed by atoms with van der Waals surface area (Å²) in [6.07, 6.45) is 2.44. The molecule has 1 N–H and O–H groups in total. The minimum absolute atomic E-state index is 0.0180. The van der Waals surface area contributed by atoms with Crippen molar-refractivity contribution < 1.29 is 14.0 Å². The van der Waals surface area contributed by atoms with Gasteiger partial charge in [0.25, 0.3) is 0 Å². The lowest BCUT2D eigenvalue weighted by Gasteiger charge is -2.26. The minimum Gasteiger partial charge on any atom is -0.461 e. The van der Waals surface area contributed by atoms with Gasteiger partial charge >= 0.3 is 0 Å². The molecule has 2 amide bonds. The van der Waals surface area contributed by atoms with Crippen LogP contribution in [0.1, 0.15) is 36.7 Å². The van der Waals surface area contributed by atoms with Gasteiger partial charge in [-0.15, -0.1) is 0 Å². The summed E-state index contributed by atoms with van der Waals surface area (Å²) in [5, 5.41) is 2.88. The van der Waals surface area contributed by atoms with Crippen molar-refractivity contribution in [2.75, 3.05) is 11.9 Å². The SMILES string of the molecule is CCC(=O)Nc1cccc(-c2cc3c(o2)CCN(C(=O)CCc2ccccc2)C3)c1. The Bertz CT molecular complexity index is 1040. The van der Waals surface area contributed by atoms with Crippen LogP contribution in [0.25, 0.3) is 11.3 Å². The maximum absolute atomic E-state index is 12.7. The van der Waals surface area contributed by atoms with Crippen molar-refractivity contribution in [3.8, 4) is 11.3 Å². The summed E-state index contributed by atoms with van der Waals surface area (Å²) in [7, 11) is 0. The fraction of sp³-hybridized carbons (Fsp3) is 0.280. The first-order valence-electron chi connectivity index (χ1n) is 10.5. The van der Waals surface area contributed by atoms with Crippen LogP contribution in [0.5, 0.6) is 0 Å². The van der Waals surface area contributed by atoms with Crippen molar-refractivity contribution in [3.05, 3.63) is 77.6 Å². The average molecular weight is 402 g/mol. The number of anilines is 1. The molecule has 1 aliphatic heterocycles. The number of amides is 2. The van der Waals surface area contributed by atoms with Crippen LogP contribution in [0.15, 0.2) is 65.1 Å². The maximum atomic E-state index is 12.7. The van der Waals surface area contributed by atoms with Gasteiger partial charge in [-0.25, -0.2) is 0 Å². The van der Waals surface area contributed by atoms with Gasteiger partial charge in [-0.1, -0.05) is 49.4 Å². The largest absolute Gasteiger partial charge is 0.461 e. The lowest BCUT2D eigenvalue weighted by atomic mass is 10.1. The molecule has 0 saturated carbocycles. The lowest BCUT2D eigenvalue weighted by Crippen LogP contribution is -2.35. The van der Waals surface area contributed by atoms with E-state index in [1.165, 1.54) is 5.56 Å². The molecule has 5 heteroatoms. The Hall–Kier alpha value is -3.34. The molecule has 0 unspecified atom stereocenters. The summed E-state index contributed by atoms with van der Waals surface area (Å²) in [6, 6.07) is 19.8. The Morgan fingerprint density at radius 3 is 2.70 bits per heavy atom. The molecule has 0 fully saturated rings. The number of carbonyl (C=O) groups is 2. The average Bonchev–Trinajstić information content (AvgIpc) is 3.22. The normalized spacial score (nSPS) is 13.0. The van der Waals surface area contributed by atoms with Gasteiger partial charge in [0.05, 0.1) is 0 Å². The van der Waals surface area contributed by atoms with Gasteiger partial charge in [0.2, 0.25) is 11.8 Å². The van der Waals surface area contributed by atoms with E-state index in [0.29, 0.717) is 25.9 Å². The molecule has 0 aliphatic carbocycles. The van der Waals surface area contributed by atoms with Gasteiger partial charge in [-0.3, -0.25) is 9.59 Å². The number of aryl methyl sites for hydroxylation is 1. The maximum Gasteiger partial charge on any atom is 0.224 e. The van der Waals surface area contributed by atoms with Crippen molar-refractivity contribution in [3.63, 3.8) is 0 Å². The predicted molar refractivity (Wildman–Crippen MR) is 117 cm³/mol. The van der Waals surface area contributed by atoms with Crippen molar-refractivity contribution >= 4 is 17.5 Å². The number of nitrogens with one attached hydrogen (secondary N) is 1. The van der Waals surface area contributed by atoms with Crippen LogP contribution in [0, 0.1) is 0 Å². The second-order valence-corrected chi connectivity index (χ2v) is 7.59. The molecule has 1 aromatic heterocycles. The number of rotatable bonds is 6. The van der Waals surface area contributed by atoms with E-state index < -0.39 is 0 Å². The first-order valence-corrected chi connectivity index (χ1v) is 10.5. The third kappa shape index (κ3) is 4.62. The van der Waals surface area contributed by atoms with Crippen LogP contribution in [0.3, 0.4) is 0 Å². The number of fused-ring (bicyclic) bond motifs is 1. The summed E-state index contributed by atoms with van der Waals surface area (Å²) in [6.45, 7) is 3.09. The van der Waals surface area contributed by atoms with Gasteiger partial charge in [-0.05, 0) is 30.2 Å². The molecule has 4 rings (SSSR count). The van der Waals surface area contributed by atoms with E-state index >= 15 is 0 Å². The minimum atomic E-state index is -0.0180. The molecule has 0 spiro atoms. The van der Waals surface area contributed by atoms with E-state index in [2.05, 4.69) is 17.4 Å². The van der Waals surface area contributed by atoms with Crippen LogP contribution in [-0.2, 0) is 29.0 Å². The molecule has 154 valence electrons. The molecule has 0 saturated heterocycles. The van der Waals surface area contributed by atoms with Gasteiger partial charge in [0.1, 0.15) is 11.5 Å². The Kier molecular flexibility index (Phi) is 5.98. The van der Waals surface area contributed by atoms with E-state index in [1.807, 2.05) is 60.4 Å². The monoisotopic (exact) mass is 402 g/mol. The number of carbonyl (C=O) groups excluding carboxylic acids is 2. The quantitative estimate of drug-likeness (QED) is 0.643. The van der Waals surface area contributed by atoms with Crippen LogP contribution in [0.4, 0.5) is 5.69 Å². The van der Waals surface area contributed by atoms with Crippen molar-refractivity contribution in [1.82, 2.24) is 4.90 Å². The Labute approximate surface area is 176 Å². The Balaban J connectivity index is 1.42. The van der Waals surface area contributed by atoms with E-state index in [-0.39, 0.29) is 11.8 Å². The highest BCUT2D eigenvalue weighted by molar-refractivity contribution is 5.91. The molecule has 2 heterocycles. The Morgan fingerprint density at radius 1 is 1.07 bits per heavy atom. The summed E-state index contributed by atoms with van der Waals surface area (Å²) >= 11 is 0. The van der Waals surface area contributed by atoms with Crippen LogP contribution in [0.2, 0.25) is 0 Å². The highest BCUT2D eigenvalue weighted by Gasteiger charge is 2.24. The van der Waals surface area contributed by atoms with Crippen LogP contribution >= 0.6 is 0 Å². The molecule has 1 aliphatic rings. The molecule has 5 nitrogen and oxygen atoms in total. The number of furan rings is 1. The molecule has 0 radical (unpaired) electrons. The van der Waals surface area contributed by atoms with Crippen molar-refractivity contribution in [2.45, 2.75) is 39.2 Å². The standard InChI is InChI=1S/C25H26N2O3/c1-2-24(28)26-21-10-6-9-19(15-21)23-16-20-17-27(14-13-22(20)30-23)25(29)12-11-18-7-4-3-5-8-18/h3-10,15-16H,2,11-14,17H2,1H3,(H,26,28). The fourth-order valence-electron chi connectivity index (χ4n) is 3.74. The van der Waals surface area contributed by atoms with Crippen molar-refractivity contribution in [1.29, 1.82) is 0 Å². The van der Waals surface area contributed by atoms with E-state index in [9.17, 15) is 9.59 Å². The number of benzene rings is 2. The zero-order valence-electron chi connectivity index (χ0n) is 17.2. The van der Waals surface area contributed by atoms with Gasteiger partial charge in [0.15, 0.2) is 0 Å². The molecule has 0 atom stereocenters. The lowest BCUT2D eigenvalue weighted by molar-refractivity contribution is -0.132. The Morgan fingerprint density at radius 2 is 1.90 bits per heavy atom. The fourth-order valence-corrected chi connectivity index (χ4v) is 3.74. The topological polar surface area (TPSA) is 62.6 Å². The zero-order valence-corrected chi connectivity index (χ0v) is 17.2. The highest BCUT2D eigenvalue weighted by Crippen LogP contribution is 2.31. The molecule has 30 heavy (non-hydrogen) atoms. The van der Waals surface area contributed by atoms with E-state index in [4.69, 9.17) is 4.42 Å². The molecule has 2 aromatic carbocycles. The number of nitrogens with zero attached hydrogens (tertiary/aromatic N) is 1. The third-order valence-electron chi connectivity index (χ3n) is 5.44. The number of hydrogen-bond donors (Lipinski definition) is 1. The predicted octanol–water partition coefficient (Wildman–Crippen LogP) is 4.81. The van der Waals surface area contributed by atoms with Gasteiger partial charge in [0, 0.05) is 49.2 Å². The molecule has 3 aromatic rings. The third-order valence-corrected chi connectivity index (χ3v) is 5.44. The molecular weight excluding hydrogens is 376 g/mol. The van der Waals surface area contributed by atoms with Gasteiger partial charge in [-0.2, -0.15) is 0 Å². The smallest absolute Gasteiger partial charge is 0.224 e. The number of hydrogen-bond acceptors (Lipinski definition) is 3. The van der Waals surface area contributed by atoms with E-state index in [0.717, 1.165) is 41.2 Å². The summed E-state index contributed by atoms with van der Waals surface area (Å²) in [4.78, 5) is 26.3. The van der Waals surface area contributed by atoms with E-state index in [1.54, 1.807) is 0 Å². The first-order chi connectivity index (χ1) is 14.6. The second kappa shape index (κ2) is 8.99. The first kappa shape index (κ1) is 20.0. The van der Waals surface area contributed by atoms with Crippen LogP contribution in [-0.4, -0.2) is 23.3 Å². The van der Waals surface area contributed by atoms with Crippen molar-refractivity contribution in [2.24, 2.45) is 0 Å². The summed E-state index contributed by atoms with van der Waals surface area (Å²) in [5.74, 6) is 1.87. The second-order valence-electron chi connectivity index (χ2n) is 7.59. The molecular formula is C25H26N2O3. The van der Waals surface area contributed by atoms with Crippen LogP contribution < -0.4 is 5.32 Å². The molecule has 0 bridgehead atoms. The highest BCUT2D eigenvalue weighted by atomic mass is 16.3. The summed E-state index contributed by atoms with van der Waals surface area (Å²) < 4.78 is 6.09. The zero-order chi connectivity index (χ0) is 20.9. The summed E-state index contributed by atoms with van der Waals surface area (Å²) in [5.41, 5.74) is 3.92. The van der Waals surface area contributed by atoms with Gasteiger partial charge < -0.3 is 14.6 Å².